The van der Waals surface area contributed by atoms with Crippen LogP contribution in [0.5, 0.6) is 11.5 Å². The molecule has 0 saturated heterocycles. The van der Waals surface area contributed by atoms with Crippen molar-refractivity contribution in [3.05, 3.63) is 78.6 Å². The Morgan fingerprint density at radius 2 is 1.47 bits per heavy atom. The molecule has 0 aliphatic heterocycles. The van der Waals surface area contributed by atoms with E-state index in [2.05, 4.69) is 10.6 Å². The normalized spacial score (nSPS) is 10.3. The van der Waals surface area contributed by atoms with Gasteiger partial charge in [0, 0.05) is 36.7 Å². The lowest BCUT2D eigenvalue weighted by Gasteiger charge is -2.12. The van der Waals surface area contributed by atoms with Crippen LogP contribution < -0.4 is 20.1 Å². The maximum absolute atomic E-state index is 12.2. The number of amides is 2. The molecule has 2 aromatic carbocycles. The Hall–Kier alpha value is -3.74. The van der Waals surface area contributed by atoms with E-state index in [1.807, 2.05) is 60.3 Å². The Morgan fingerprint density at radius 1 is 0.833 bits per heavy atom. The summed E-state index contributed by atoms with van der Waals surface area (Å²) in [6, 6.07) is 18.4. The first kappa shape index (κ1) is 21.0. The van der Waals surface area contributed by atoms with Gasteiger partial charge in [-0.1, -0.05) is 12.1 Å². The van der Waals surface area contributed by atoms with Crippen molar-refractivity contribution in [2.24, 2.45) is 0 Å². The summed E-state index contributed by atoms with van der Waals surface area (Å²) in [6.45, 7) is 2.90. The van der Waals surface area contributed by atoms with Crippen molar-refractivity contribution in [3.63, 3.8) is 0 Å². The van der Waals surface area contributed by atoms with Crippen molar-refractivity contribution in [1.82, 2.24) is 15.2 Å². The zero-order chi connectivity index (χ0) is 21.2. The maximum atomic E-state index is 12.2. The van der Waals surface area contributed by atoms with E-state index in [0.29, 0.717) is 36.8 Å². The van der Waals surface area contributed by atoms with Gasteiger partial charge in [-0.2, -0.15) is 0 Å². The fourth-order valence-corrected chi connectivity index (χ4v) is 2.81. The highest BCUT2D eigenvalue weighted by Crippen LogP contribution is 2.26. The standard InChI is InChI=1S/C23H25N3O4/c1-2-29-20-7-3-4-8-21(20)30-17-22(27)24-13-14-25-23(28)18-9-11-19(12-10-18)26-15-5-6-16-26/h3-12,15-16H,2,13-14,17H2,1H3,(H,24,27)(H,25,28). The summed E-state index contributed by atoms with van der Waals surface area (Å²) >= 11 is 0. The average Bonchev–Trinajstić information content (AvgIpc) is 3.31. The van der Waals surface area contributed by atoms with Crippen LogP contribution in [0.15, 0.2) is 73.1 Å². The van der Waals surface area contributed by atoms with Crippen LogP contribution >= 0.6 is 0 Å². The third-order valence-electron chi connectivity index (χ3n) is 4.27. The molecule has 0 spiro atoms. The molecule has 0 aliphatic carbocycles. The fourth-order valence-electron chi connectivity index (χ4n) is 2.81. The minimum atomic E-state index is -0.272. The van der Waals surface area contributed by atoms with Gasteiger partial charge in [-0.3, -0.25) is 9.59 Å². The molecule has 0 atom stereocenters. The van der Waals surface area contributed by atoms with Crippen LogP contribution in [0.3, 0.4) is 0 Å². The number of nitrogens with one attached hydrogen (secondary N) is 2. The molecule has 2 amide bonds. The molecule has 3 aromatic rings. The number of carbonyl (C=O) groups excluding carboxylic acids is 2. The number of ether oxygens (including phenoxy) is 2. The Balaban J connectivity index is 1.37. The Morgan fingerprint density at radius 3 is 2.13 bits per heavy atom. The molecule has 0 radical (unpaired) electrons. The highest BCUT2D eigenvalue weighted by atomic mass is 16.5. The lowest BCUT2D eigenvalue weighted by molar-refractivity contribution is -0.123. The van der Waals surface area contributed by atoms with E-state index in [-0.39, 0.29) is 18.4 Å². The molecule has 7 heteroatoms. The van der Waals surface area contributed by atoms with Crippen molar-refractivity contribution in [2.45, 2.75) is 6.92 Å². The van der Waals surface area contributed by atoms with E-state index in [4.69, 9.17) is 9.47 Å². The van der Waals surface area contributed by atoms with Gasteiger partial charge in [0.15, 0.2) is 18.1 Å². The van der Waals surface area contributed by atoms with E-state index < -0.39 is 0 Å². The van der Waals surface area contributed by atoms with Gasteiger partial charge in [0.25, 0.3) is 11.8 Å². The lowest BCUT2D eigenvalue weighted by Crippen LogP contribution is -2.36. The van der Waals surface area contributed by atoms with Crippen LogP contribution in [0.1, 0.15) is 17.3 Å². The Labute approximate surface area is 175 Å². The molecule has 30 heavy (non-hydrogen) atoms. The third-order valence-corrected chi connectivity index (χ3v) is 4.27. The van der Waals surface area contributed by atoms with Crippen LogP contribution in [0.2, 0.25) is 0 Å². The number of nitrogens with zero attached hydrogens (tertiary/aromatic N) is 1. The minimum Gasteiger partial charge on any atom is -0.490 e. The Bertz CT molecular complexity index is 953. The van der Waals surface area contributed by atoms with Crippen molar-refractivity contribution >= 4 is 11.8 Å². The van der Waals surface area contributed by atoms with Gasteiger partial charge in [0.1, 0.15) is 0 Å². The van der Waals surface area contributed by atoms with Crippen molar-refractivity contribution < 1.29 is 19.1 Å². The van der Waals surface area contributed by atoms with Gasteiger partial charge < -0.3 is 24.7 Å². The van der Waals surface area contributed by atoms with Crippen molar-refractivity contribution in [1.29, 1.82) is 0 Å². The number of carbonyl (C=O) groups is 2. The van der Waals surface area contributed by atoms with Crippen molar-refractivity contribution in [2.75, 3.05) is 26.3 Å². The largest absolute Gasteiger partial charge is 0.490 e. The monoisotopic (exact) mass is 407 g/mol. The number of hydrogen-bond donors (Lipinski definition) is 2. The molecular formula is C23H25N3O4. The summed E-state index contributed by atoms with van der Waals surface area (Å²) in [5, 5.41) is 5.50. The molecule has 0 saturated carbocycles. The smallest absolute Gasteiger partial charge is 0.258 e. The predicted molar refractivity (Wildman–Crippen MR) is 114 cm³/mol. The van der Waals surface area contributed by atoms with Crippen LogP contribution in [-0.4, -0.2) is 42.7 Å². The van der Waals surface area contributed by atoms with Gasteiger partial charge in [0.05, 0.1) is 6.61 Å². The second-order valence-electron chi connectivity index (χ2n) is 6.41. The van der Waals surface area contributed by atoms with E-state index in [1.165, 1.54) is 0 Å². The summed E-state index contributed by atoms with van der Waals surface area (Å²) < 4.78 is 12.9. The van der Waals surface area contributed by atoms with Crippen molar-refractivity contribution in [3.8, 4) is 17.2 Å². The van der Waals surface area contributed by atoms with Gasteiger partial charge in [0.2, 0.25) is 0 Å². The van der Waals surface area contributed by atoms with E-state index in [1.54, 1.807) is 24.3 Å². The second-order valence-corrected chi connectivity index (χ2v) is 6.41. The van der Waals surface area contributed by atoms with E-state index in [9.17, 15) is 9.59 Å². The first-order valence-corrected chi connectivity index (χ1v) is 9.80. The molecule has 0 bridgehead atoms. The van der Waals surface area contributed by atoms with Crippen LogP contribution in [0, 0.1) is 0 Å². The SMILES string of the molecule is CCOc1ccccc1OCC(=O)NCCNC(=O)c1ccc(-n2cccc2)cc1. The molecule has 0 fully saturated rings. The summed E-state index contributed by atoms with van der Waals surface area (Å²) in [4.78, 5) is 24.2. The first-order valence-electron chi connectivity index (χ1n) is 9.80. The predicted octanol–water partition coefficient (Wildman–Crippen LogP) is 2.80. The quantitative estimate of drug-likeness (QED) is 0.507. The van der Waals surface area contributed by atoms with Gasteiger partial charge in [-0.05, 0) is 55.5 Å². The first-order chi connectivity index (χ1) is 14.7. The van der Waals surface area contributed by atoms with E-state index in [0.717, 1.165) is 5.69 Å². The van der Waals surface area contributed by atoms with Crippen LogP contribution in [0.25, 0.3) is 5.69 Å². The van der Waals surface area contributed by atoms with Crippen LogP contribution in [0.4, 0.5) is 0 Å². The lowest BCUT2D eigenvalue weighted by atomic mass is 10.2. The number of rotatable bonds is 10. The number of benzene rings is 2. The maximum Gasteiger partial charge on any atom is 0.258 e. The zero-order valence-electron chi connectivity index (χ0n) is 16.8. The molecule has 3 rings (SSSR count). The molecule has 1 aromatic heterocycles. The van der Waals surface area contributed by atoms with Crippen LogP contribution in [-0.2, 0) is 4.79 Å². The van der Waals surface area contributed by atoms with Gasteiger partial charge in [-0.15, -0.1) is 0 Å². The fraction of sp³-hybridized carbons (Fsp3) is 0.217. The number of para-hydroxylation sites is 2. The molecule has 0 aliphatic rings. The summed E-state index contributed by atoms with van der Waals surface area (Å²) in [5.74, 6) is 0.658. The Kier molecular flexibility index (Phi) is 7.49. The summed E-state index contributed by atoms with van der Waals surface area (Å²) in [5.41, 5.74) is 1.54. The van der Waals surface area contributed by atoms with E-state index >= 15 is 0 Å². The second kappa shape index (κ2) is 10.7. The zero-order valence-corrected chi connectivity index (χ0v) is 16.8. The van der Waals surface area contributed by atoms with Gasteiger partial charge >= 0.3 is 0 Å². The third kappa shape index (κ3) is 5.88. The molecular weight excluding hydrogens is 382 g/mol. The summed E-state index contributed by atoms with van der Waals surface area (Å²) in [7, 11) is 0. The molecule has 7 nitrogen and oxygen atoms in total. The number of hydrogen-bond acceptors (Lipinski definition) is 4. The molecule has 0 unspecified atom stereocenters. The molecule has 1 heterocycles. The highest BCUT2D eigenvalue weighted by molar-refractivity contribution is 5.94. The summed E-state index contributed by atoms with van der Waals surface area (Å²) in [6.07, 6.45) is 3.88. The molecule has 156 valence electrons. The average molecular weight is 407 g/mol. The minimum absolute atomic E-state index is 0.126. The highest BCUT2D eigenvalue weighted by Gasteiger charge is 2.08. The molecule has 2 N–H and O–H groups in total. The number of aromatic nitrogens is 1. The van der Waals surface area contributed by atoms with Gasteiger partial charge in [-0.25, -0.2) is 0 Å². The topological polar surface area (TPSA) is 81.6 Å².